The molecule has 0 unspecified atom stereocenters. The number of rotatable bonds is 2. The van der Waals surface area contributed by atoms with Crippen LogP contribution >= 0.6 is 0 Å². The molecule has 0 saturated heterocycles. The third kappa shape index (κ3) is 2.60. The predicted molar refractivity (Wildman–Crippen MR) is 94.8 cm³/mol. The summed E-state index contributed by atoms with van der Waals surface area (Å²) in [5, 5.41) is 9.99. The molecule has 1 fully saturated rings. The summed E-state index contributed by atoms with van der Waals surface area (Å²) in [6.07, 6.45) is 11.2. The number of nitriles is 1. The first-order chi connectivity index (χ1) is 11.8. The average molecular weight is 317 g/mol. The lowest BCUT2D eigenvalue weighted by Gasteiger charge is -2.24. The molecule has 0 atom stereocenters. The molecule has 2 aromatic rings. The standard InChI is InChI=1S/C21H23N3/c1-14-12-16(10-11-23-14)20-17-8-4-5-9-19(17)24-21(18(20)13-22)15-6-2-3-7-15/h10-12,15H,2-9H2,1H3. The van der Waals surface area contributed by atoms with E-state index in [1.807, 2.05) is 13.1 Å². The van der Waals surface area contributed by atoms with Gasteiger partial charge in [-0.2, -0.15) is 5.26 Å². The van der Waals surface area contributed by atoms with E-state index in [4.69, 9.17) is 4.98 Å². The van der Waals surface area contributed by atoms with Gasteiger partial charge in [0.1, 0.15) is 6.07 Å². The number of aryl methyl sites for hydroxylation is 2. The molecule has 0 aromatic carbocycles. The second kappa shape index (κ2) is 6.36. The van der Waals surface area contributed by atoms with Crippen LogP contribution in [0.25, 0.3) is 11.1 Å². The van der Waals surface area contributed by atoms with Crippen molar-refractivity contribution in [1.29, 1.82) is 5.26 Å². The quantitative estimate of drug-likeness (QED) is 0.794. The van der Waals surface area contributed by atoms with Gasteiger partial charge in [-0.05, 0) is 68.7 Å². The zero-order chi connectivity index (χ0) is 16.5. The van der Waals surface area contributed by atoms with Crippen LogP contribution in [0.2, 0.25) is 0 Å². The van der Waals surface area contributed by atoms with Crippen LogP contribution in [0.5, 0.6) is 0 Å². The molecule has 122 valence electrons. The van der Waals surface area contributed by atoms with Crippen LogP contribution in [0.15, 0.2) is 18.3 Å². The maximum absolute atomic E-state index is 9.99. The number of pyridine rings is 2. The summed E-state index contributed by atoms with van der Waals surface area (Å²) >= 11 is 0. The van der Waals surface area contributed by atoms with Crippen LogP contribution in [-0.2, 0) is 12.8 Å². The molecule has 1 saturated carbocycles. The summed E-state index contributed by atoms with van der Waals surface area (Å²) in [6.45, 7) is 2.01. The maximum atomic E-state index is 9.99. The maximum Gasteiger partial charge on any atom is 0.102 e. The van der Waals surface area contributed by atoms with Crippen molar-refractivity contribution in [3.05, 3.63) is 46.5 Å². The van der Waals surface area contributed by atoms with Crippen LogP contribution in [-0.4, -0.2) is 9.97 Å². The summed E-state index contributed by atoms with van der Waals surface area (Å²) in [7, 11) is 0. The van der Waals surface area contributed by atoms with Gasteiger partial charge >= 0.3 is 0 Å². The fourth-order valence-corrected chi connectivity index (χ4v) is 4.39. The van der Waals surface area contributed by atoms with Gasteiger partial charge in [-0.3, -0.25) is 9.97 Å². The number of fused-ring (bicyclic) bond motifs is 1. The Balaban J connectivity index is 1.98. The molecule has 0 radical (unpaired) electrons. The summed E-state index contributed by atoms with van der Waals surface area (Å²) < 4.78 is 0. The topological polar surface area (TPSA) is 49.6 Å². The Labute approximate surface area is 143 Å². The first-order valence-corrected chi connectivity index (χ1v) is 9.16. The second-order valence-corrected chi connectivity index (χ2v) is 7.16. The highest BCUT2D eigenvalue weighted by Gasteiger charge is 2.28. The Bertz CT molecular complexity index is 811. The first kappa shape index (κ1) is 15.3. The van der Waals surface area contributed by atoms with Gasteiger partial charge in [-0.1, -0.05) is 12.8 Å². The van der Waals surface area contributed by atoms with Crippen LogP contribution in [0.1, 0.15) is 72.7 Å². The minimum absolute atomic E-state index is 0.466. The Hall–Kier alpha value is -2.21. The monoisotopic (exact) mass is 317 g/mol. The zero-order valence-electron chi connectivity index (χ0n) is 14.3. The summed E-state index contributed by atoms with van der Waals surface area (Å²) in [4.78, 5) is 9.37. The molecule has 2 aliphatic rings. The number of hydrogen-bond donors (Lipinski definition) is 0. The van der Waals surface area contributed by atoms with Crippen molar-refractivity contribution in [1.82, 2.24) is 9.97 Å². The van der Waals surface area contributed by atoms with Crippen molar-refractivity contribution in [2.24, 2.45) is 0 Å². The van der Waals surface area contributed by atoms with Crippen molar-refractivity contribution in [3.8, 4) is 17.2 Å². The lowest BCUT2D eigenvalue weighted by Crippen LogP contribution is -2.14. The fraction of sp³-hybridized carbons (Fsp3) is 0.476. The Kier molecular flexibility index (Phi) is 4.06. The van der Waals surface area contributed by atoms with Gasteiger partial charge in [0.25, 0.3) is 0 Å². The zero-order valence-corrected chi connectivity index (χ0v) is 14.3. The Morgan fingerprint density at radius 1 is 1.12 bits per heavy atom. The minimum Gasteiger partial charge on any atom is -0.262 e. The minimum atomic E-state index is 0.466. The van der Waals surface area contributed by atoms with Gasteiger partial charge in [0.2, 0.25) is 0 Å². The lowest BCUT2D eigenvalue weighted by molar-refractivity contribution is 0.641. The summed E-state index contributed by atoms with van der Waals surface area (Å²) in [5.41, 5.74) is 7.73. The smallest absolute Gasteiger partial charge is 0.102 e. The number of hydrogen-bond acceptors (Lipinski definition) is 3. The molecule has 0 aliphatic heterocycles. The van der Waals surface area contributed by atoms with Gasteiger partial charge < -0.3 is 0 Å². The van der Waals surface area contributed by atoms with Crippen LogP contribution in [0.3, 0.4) is 0 Å². The third-order valence-corrected chi connectivity index (χ3v) is 5.54. The molecule has 0 bridgehead atoms. The number of nitrogens with zero attached hydrogens (tertiary/aromatic N) is 3. The van der Waals surface area contributed by atoms with E-state index < -0.39 is 0 Å². The van der Waals surface area contributed by atoms with E-state index >= 15 is 0 Å². The predicted octanol–water partition coefficient (Wildman–Crippen LogP) is 4.86. The van der Waals surface area contributed by atoms with E-state index in [0.29, 0.717) is 5.92 Å². The van der Waals surface area contributed by atoms with Gasteiger partial charge in [0, 0.05) is 29.1 Å². The molecule has 24 heavy (non-hydrogen) atoms. The average Bonchev–Trinajstić information content (AvgIpc) is 3.14. The van der Waals surface area contributed by atoms with Crippen molar-refractivity contribution < 1.29 is 0 Å². The van der Waals surface area contributed by atoms with Crippen LogP contribution < -0.4 is 0 Å². The molecule has 0 spiro atoms. The normalized spacial score (nSPS) is 17.5. The summed E-state index contributed by atoms with van der Waals surface area (Å²) in [6, 6.07) is 6.69. The molecule has 3 heteroatoms. The molecule has 2 aliphatic carbocycles. The van der Waals surface area contributed by atoms with E-state index in [9.17, 15) is 5.26 Å². The van der Waals surface area contributed by atoms with Crippen molar-refractivity contribution in [3.63, 3.8) is 0 Å². The molecule has 2 aromatic heterocycles. The van der Waals surface area contributed by atoms with Gasteiger partial charge in [0.05, 0.1) is 11.3 Å². The Morgan fingerprint density at radius 3 is 2.67 bits per heavy atom. The largest absolute Gasteiger partial charge is 0.262 e. The first-order valence-electron chi connectivity index (χ1n) is 9.16. The van der Waals surface area contributed by atoms with Crippen molar-refractivity contribution in [2.75, 3.05) is 0 Å². The van der Waals surface area contributed by atoms with Crippen LogP contribution in [0.4, 0.5) is 0 Å². The fourth-order valence-electron chi connectivity index (χ4n) is 4.39. The van der Waals surface area contributed by atoms with Gasteiger partial charge in [0.15, 0.2) is 0 Å². The van der Waals surface area contributed by atoms with E-state index in [1.54, 1.807) is 0 Å². The molecule has 0 amide bonds. The molecule has 4 rings (SSSR count). The highest BCUT2D eigenvalue weighted by molar-refractivity contribution is 5.76. The van der Waals surface area contributed by atoms with Gasteiger partial charge in [-0.15, -0.1) is 0 Å². The van der Waals surface area contributed by atoms with Crippen LogP contribution in [0, 0.1) is 18.3 Å². The number of aromatic nitrogens is 2. The third-order valence-electron chi connectivity index (χ3n) is 5.54. The van der Waals surface area contributed by atoms with Gasteiger partial charge in [-0.25, -0.2) is 0 Å². The highest BCUT2D eigenvalue weighted by atomic mass is 14.7. The molecule has 0 N–H and O–H groups in total. The highest BCUT2D eigenvalue weighted by Crippen LogP contribution is 2.41. The molecular weight excluding hydrogens is 294 g/mol. The Morgan fingerprint density at radius 2 is 1.92 bits per heavy atom. The molecule has 3 nitrogen and oxygen atoms in total. The van der Waals surface area contributed by atoms with E-state index in [0.717, 1.165) is 40.9 Å². The lowest BCUT2D eigenvalue weighted by atomic mass is 9.84. The summed E-state index contributed by atoms with van der Waals surface area (Å²) in [5.74, 6) is 0.466. The molecule has 2 heterocycles. The molecular formula is C21H23N3. The van der Waals surface area contributed by atoms with Crippen molar-refractivity contribution >= 4 is 0 Å². The second-order valence-electron chi connectivity index (χ2n) is 7.16. The van der Waals surface area contributed by atoms with Crippen molar-refractivity contribution in [2.45, 2.75) is 64.2 Å². The van der Waals surface area contributed by atoms with E-state index in [2.05, 4.69) is 23.2 Å². The van der Waals surface area contributed by atoms with E-state index in [-0.39, 0.29) is 0 Å². The SMILES string of the molecule is Cc1cc(-c2c(C#N)c(C3CCCC3)nc3c2CCCC3)ccn1. The van der Waals surface area contributed by atoms with E-state index in [1.165, 1.54) is 49.8 Å².